The third-order valence-electron chi connectivity index (χ3n) is 4.02. The van der Waals surface area contributed by atoms with Crippen LogP contribution < -0.4 is 10.1 Å². The van der Waals surface area contributed by atoms with Crippen LogP contribution in [0.15, 0.2) is 39.3 Å². The molecule has 1 atom stereocenters. The highest BCUT2D eigenvalue weighted by Crippen LogP contribution is 2.34. The maximum absolute atomic E-state index is 5.98. The van der Waals surface area contributed by atoms with Crippen molar-refractivity contribution in [3.63, 3.8) is 0 Å². The third kappa shape index (κ3) is 3.79. The van der Waals surface area contributed by atoms with E-state index in [1.165, 1.54) is 30.0 Å². The van der Waals surface area contributed by atoms with Crippen molar-refractivity contribution in [2.45, 2.75) is 31.7 Å². The second-order valence-electron chi connectivity index (χ2n) is 5.53. The Bertz CT molecular complexity index is 623. The lowest BCUT2D eigenvalue weighted by molar-refractivity contribution is 0.267. The first-order valence-corrected chi connectivity index (χ1v) is 9.06. The summed E-state index contributed by atoms with van der Waals surface area (Å²) in [4.78, 5) is 0. The number of hydrogen-bond acceptors (Lipinski definition) is 2. The molecule has 1 heterocycles. The summed E-state index contributed by atoms with van der Waals surface area (Å²) in [5, 5.41) is 5.95. The van der Waals surface area contributed by atoms with Crippen LogP contribution in [0.3, 0.4) is 0 Å². The molecule has 0 radical (unpaired) electrons. The van der Waals surface area contributed by atoms with Crippen molar-refractivity contribution >= 4 is 42.6 Å². The fourth-order valence-electron chi connectivity index (χ4n) is 2.84. The van der Waals surface area contributed by atoms with E-state index in [4.69, 9.17) is 4.74 Å². The van der Waals surface area contributed by atoms with Crippen LogP contribution >= 0.6 is 31.9 Å². The predicted molar refractivity (Wildman–Crippen MR) is 95.1 cm³/mol. The fourth-order valence-corrected chi connectivity index (χ4v) is 3.82. The molecule has 0 saturated carbocycles. The number of halogens is 2. The number of piperidine rings is 1. The molecule has 2 aromatic carbocycles. The smallest absolute Gasteiger partial charge is 0.134 e. The summed E-state index contributed by atoms with van der Waals surface area (Å²) in [7, 11) is 0. The summed E-state index contributed by atoms with van der Waals surface area (Å²) in [5.74, 6) is 0.931. The SMILES string of the molecule is Brc1ccc2c(Br)c(OCC[C@H]3CCCCN3)ccc2c1. The second kappa shape index (κ2) is 7.12. The minimum absolute atomic E-state index is 0.619. The number of rotatable bonds is 4. The van der Waals surface area contributed by atoms with Gasteiger partial charge in [-0.2, -0.15) is 0 Å². The Labute approximate surface area is 142 Å². The molecule has 21 heavy (non-hydrogen) atoms. The van der Waals surface area contributed by atoms with E-state index in [0.717, 1.165) is 34.3 Å². The minimum Gasteiger partial charge on any atom is -0.492 e. The molecule has 1 saturated heterocycles. The van der Waals surface area contributed by atoms with Crippen molar-refractivity contribution in [3.8, 4) is 5.75 Å². The molecular formula is C17H19Br2NO. The van der Waals surface area contributed by atoms with Crippen molar-refractivity contribution in [3.05, 3.63) is 39.3 Å². The van der Waals surface area contributed by atoms with Crippen LogP contribution in [0.1, 0.15) is 25.7 Å². The zero-order valence-corrected chi connectivity index (χ0v) is 15.0. The molecule has 0 spiro atoms. The maximum atomic E-state index is 5.98. The minimum atomic E-state index is 0.619. The molecule has 1 N–H and O–H groups in total. The van der Waals surface area contributed by atoms with E-state index in [-0.39, 0.29) is 0 Å². The van der Waals surface area contributed by atoms with Gasteiger partial charge >= 0.3 is 0 Å². The molecule has 4 heteroatoms. The molecule has 0 amide bonds. The molecular weight excluding hydrogens is 394 g/mol. The van der Waals surface area contributed by atoms with Gasteiger partial charge in [-0.3, -0.25) is 0 Å². The van der Waals surface area contributed by atoms with Crippen molar-refractivity contribution in [2.75, 3.05) is 13.2 Å². The number of hydrogen-bond donors (Lipinski definition) is 1. The molecule has 0 bridgehead atoms. The summed E-state index contributed by atoms with van der Waals surface area (Å²) in [6.07, 6.45) is 5.00. The van der Waals surface area contributed by atoms with Crippen molar-refractivity contribution in [1.82, 2.24) is 5.32 Å². The van der Waals surface area contributed by atoms with Gasteiger partial charge in [0.05, 0.1) is 11.1 Å². The molecule has 3 rings (SSSR count). The van der Waals surface area contributed by atoms with Crippen LogP contribution in [-0.2, 0) is 0 Å². The largest absolute Gasteiger partial charge is 0.492 e. The topological polar surface area (TPSA) is 21.3 Å². The van der Waals surface area contributed by atoms with Crippen molar-refractivity contribution in [2.24, 2.45) is 0 Å². The Hall–Kier alpha value is -0.580. The standard InChI is InChI=1S/C17H19Br2NO/c18-13-5-6-15-12(11-13)4-7-16(17(15)19)21-10-8-14-3-1-2-9-20-14/h4-7,11,14,20H,1-3,8-10H2/t14-/m1/s1. The second-order valence-corrected chi connectivity index (χ2v) is 7.24. The summed E-state index contributed by atoms with van der Waals surface area (Å²) in [6, 6.07) is 11.1. The lowest BCUT2D eigenvalue weighted by atomic mass is 10.0. The lowest BCUT2D eigenvalue weighted by Crippen LogP contribution is -2.35. The number of benzene rings is 2. The molecule has 112 valence electrons. The van der Waals surface area contributed by atoms with Gasteiger partial charge < -0.3 is 10.1 Å². The first-order valence-electron chi connectivity index (χ1n) is 7.48. The van der Waals surface area contributed by atoms with Crippen LogP contribution in [0.25, 0.3) is 10.8 Å². The molecule has 0 aromatic heterocycles. The van der Waals surface area contributed by atoms with Gasteiger partial charge in [-0.15, -0.1) is 0 Å². The van der Waals surface area contributed by atoms with E-state index < -0.39 is 0 Å². The van der Waals surface area contributed by atoms with E-state index in [0.29, 0.717) is 6.04 Å². The van der Waals surface area contributed by atoms with Gasteiger partial charge in [0.15, 0.2) is 0 Å². The van der Waals surface area contributed by atoms with Gasteiger partial charge in [-0.25, -0.2) is 0 Å². The number of nitrogens with one attached hydrogen (secondary N) is 1. The highest BCUT2D eigenvalue weighted by molar-refractivity contribution is 9.11. The van der Waals surface area contributed by atoms with Gasteiger partial charge in [0, 0.05) is 10.5 Å². The van der Waals surface area contributed by atoms with Crippen LogP contribution in [0.5, 0.6) is 5.75 Å². The summed E-state index contributed by atoms with van der Waals surface area (Å²) < 4.78 is 8.12. The van der Waals surface area contributed by atoms with Gasteiger partial charge in [0.2, 0.25) is 0 Å². The predicted octanol–water partition coefficient (Wildman–Crippen LogP) is 5.28. The highest BCUT2D eigenvalue weighted by atomic mass is 79.9. The van der Waals surface area contributed by atoms with Crippen molar-refractivity contribution < 1.29 is 4.74 Å². The quantitative estimate of drug-likeness (QED) is 0.737. The molecule has 1 fully saturated rings. The molecule has 0 unspecified atom stereocenters. The Morgan fingerprint density at radius 1 is 1.14 bits per heavy atom. The van der Waals surface area contributed by atoms with Gasteiger partial charge in [0.1, 0.15) is 5.75 Å². The number of ether oxygens (including phenoxy) is 1. The average Bonchev–Trinajstić information content (AvgIpc) is 2.50. The van der Waals surface area contributed by atoms with Crippen LogP contribution in [-0.4, -0.2) is 19.2 Å². The van der Waals surface area contributed by atoms with Gasteiger partial charge in [0.25, 0.3) is 0 Å². The third-order valence-corrected chi connectivity index (χ3v) is 5.33. The van der Waals surface area contributed by atoms with E-state index >= 15 is 0 Å². The van der Waals surface area contributed by atoms with Crippen LogP contribution in [0, 0.1) is 0 Å². The first-order chi connectivity index (χ1) is 10.2. The molecule has 0 aliphatic carbocycles. The lowest BCUT2D eigenvalue weighted by Gasteiger charge is -2.23. The average molecular weight is 413 g/mol. The van der Waals surface area contributed by atoms with E-state index in [2.05, 4.69) is 61.4 Å². The Morgan fingerprint density at radius 2 is 2.05 bits per heavy atom. The zero-order valence-electron chi connectivity index (χ0n) is 11.9. The van der Waals surface area contributed by atoms with E-state index in [1.807, 2.05) is 6.07 Å². The summed E-state index contributed by atoms with van der Waals surface area (Å²) in [6.45, 7) is 1.91. The highest BCUT2D eigenvalue weighted by Gasteiger charge is 2.13. The monoisotopic (exact) mass is 411 g/mol. The number of fused-ring (bicyclic) bond motifs is 1. The zero-order chi connectivity index (χ0) is 14.7. The molecule has 2 aromatic rings. The van der Waals surface area contributed by atoms with Crippen LogP contribution in [0.2, 0.25) is 0 Å². The normalized spacial score (nSPS) is 18.9. The summed E-state index contributed by atoms with van der Waals surface area (Å²) >= 11 is 7.18. The van der Waals surface area contributed by atoms with Gasteiger partial charge in [-0.05, 0) is 70.7 Å². The van der Waals surface area contributed by atoms with E-state index in [9.17, 15) is 0 Å². The maximum Gasteiger partial charge on any atom is 0.134 e. The van der Waals surface area contributed by atoms with E-state index in [1.54, 1.807) is 0 Å². The molecule has 1 aliphatic heterocycles. The first kappa shape index (κ1) is 15.3. The Morgan fingerprint density at radius 3 is 2.86 bits per heavy atom. The molecule has 2 nitrogen and oxygen atoms in total. The molecule has 1 aliphatic rings. The Balaban J connectivity index is 1.66. The van der Waals surface area contributed by atoms with Gasteiger partial charge in [-0.1, -0.05) is 34.5 Å². The Kier molecular flexibility index (Phi) is 5.19. The summed E-state index contributed by atoms with van der Waals surface area (Å²) in [5.41, 5.74) is 0. The fraction of sp³-hybridized carbons (Fsp3) is 0.412. The van der Waals surface area contributed by atoms with Crippen LogP contribution in [0.4, 0.5) is 0 Å². The van der Waals surface area contributed by atoms with Crippen molar-refractivity contribution in [1.29, 1.82) is 0 Å².